The molecule has 0 amide bonds. The average molecular weight is 415 g/mol. The van der Waals surface area contributed by atoms with Crippen LogP contribution in [0.2, 0.25) is 0 Å². The second-order valence-electron chi connectivity index (χ2n) is 8.58. The molecule has 1 aliphatic carbocycles. The van der Waals surface area contributed by atoms with Crippen LogP contribution in [-0.4, -0.2) is 16.1 Å². The zero-order valence-corrected chi connectivity index (χ0v) is 17.0. The number of pyridine rings is 1. The number of carbonyl (C=O) groups is 1. The first kappa shape index (κ1) is 19.4. The van der Waals surface area contributed by atoms with Gasteiger partial charge < -0.3 is 5.11 Å². The van der Waals surface area contributed by atoms with E-state index in [-0.39, 0.29) is 11.4 Å². The monoisotopic (exact) mass is 415 g/mol. The van der Waals surface area contributed by atoms with Crippen molar-refractivity contribution in [1.29, 1.82) is 0 Å². The third-order valence-corrected chi connectivity index (χ3v) is 6.07. The first-order valence-electron chi connectivity index (χ1n) is 10.0. The van der Waals surface area contributed by atoms with E-state index < -0.39 is 17.2 Å². The molecular formula is C26H19F2NO2. The Balaban J connectivity index is 1.82. The molecule has 5 rings (SSSR count). The quantitative estimate of drug-likeness (QED) is 0.413. The molecule has 1 aliphatic rings. The van der Waals surface area contributed by atoms with Crippen LogP contribution in [0.25, 0.3) is 33.3 Å². The Morgan fingerprint density at radius 1 is 1.00 bits per heavy atom. The third-order valence-electron chi connectivity index (χ3n) is 6.07. The van der Waals surface area contributed by atoms with Gasteiger partial charge in [-0.25, -0.2) is 18.6 Å². The van der Waals surface area contributed by atoms with E-state index in [0.717, 1.165) is 16.7 Å². The van der Waals surface area contributed by atoms with Crippen LogP contribution in [0, 0.1) is 11.6 Å². The van der Waals surface area contributed by atoms with E-state index in [1.54, 1.807) is 18.2 Å². The number of hydrogen-bond donors (Lipinski definition) is 1. The standard InChI is InChI=1S/C26H19F2NO2/c1-26(2)13-19-23(25(30)31)18-12-15(27)8-10-22(18)29-24(19)17-9-7-14(11-20(17)26)16-5-3-4-6-21(16)28/h3-12H,13H2,1-2H3,(H,30,31). The van der Waals surface area contributed by atoms with Gasteiger partial charge in [-0.1, -0.05) is 44.2 Å². The first-order valence-corrected chi connectivity index (χ1v) is 10.0. The lowest BCUT2D eigenvalue weighted by molar-refractivity contribution is 0.0697. The Kier molecular flexibility index (Phi) is 4.19. The summed E-state index contributed by atoms with van der Waals surface area (Å²) in [7, 11) is 0. The maximum Gasteiger partial charge on any atom is 0.336 e. The van der Waals surface area contributed by atoms with E-state index in [1.807, 2.05) is 32.0 Å². The number of aromatic carboxylic acids is 1. The molecule has 0 radical (unpaired) electrons. The summed E-state index contributed by atoms with van der Waals surface area (Å²) in [4.78, 5) is 16.9. The minimum atomic E-state index is -1.10. The summed E-state index contributed by atoms with van der Waals surface area (Å²) in [5, 5.41) is 10.3. The van der Waals surface area contributed by atoms with Gasteiger partial charge in [0, 0.05) is 16.5 Å². The lowest BCUT2D eigenvalue weighted by atomic mass is 9.69. The van der Waals surface area contributed by atoms with Gasteiger partial charge in [0.05, 0.1) is 16.8 Å². The van der Waals surface area contributed by atoms with E-state index in [2.05, 4.69) is 0 Å². The van der Waals surface area contributed by atoms with Crippen LogP contribution in [0.15, 0.2) is 60.7 Å². The first-order chi connectivity index (χ1) is 14.8. The smallest absolute Gasteiger partial charge is 0.336 e. The molecule has 1 aromatic heterocycles. The molecule has 0 aliphatic heterocycles. The van der Waals surface area contributed by atoms with Gasteiger partial charge in [-0.15, -0.1) is 0 Å². The second-order valence-corrected chi connectivity index (χ2v) is 8.58. The van der Waals surface area contributed by atoms with Gasteiger partial charge in [0.15, 0.2) is 0 Å². The zero-order chi connectivity index (χ0) is 21.9. The second kappa shape index (κ2) is 6.71. The lowest BCUT2D eigenvalue weighted by Gasteiger charge is -2.35. The van der Waals surface area contributed by atoms with Crippen LogP contribution in [0.1, 0.15) is 35.3 Å². The number of rotatable bonds is 2. The van der Waals surface area contributed by atoms with Crippen molar-refractivity contribution in [2.45, 2.75) is 25.7 Å². The molecule has 0 fully saturated rings. The highest BCUT2D eigenvalue weighted by molar-refractivity contribution is 6.06. The fourth-order valence-electron chi connectivity index (χ4n) is 4.62. The number of halogens is 2. The SMILES string of the molecule is CC1(C)Cc2c(nc3ccc(F)cc3c2C(=O)O)-c2ccc(-c3ccccc3F)cc21. The van der Waals surface area contributed by atoms with Gasteiger partial charge in [0.2, 0.25) is 0 Å². The van der Waals surface area contributed by atoms with E-state index in [4.69, 9.17) is 4.98 Å². The fourth-order valence-corrected chi connectivity index (χ4v) is 4.62. The maximum atomic E-state index is 14.4. The molecule has 5 heteroatoms. The van der Waals surface area contributed by atoms with Gasteiger partial charge in [-0.3, -0.25) is 0 Å². The van der Waals surface area contributed by atoms with Crippen LogP contribution >= 0.6 is 0 Å². The van der Waals surface area contributed by atoms with Crippen molar-refractivity contribution in [3.63, 3.8) is 0 Å². The predicted octanol–water partition coefficient (Wildman–Crippen LogP) is 6.38. The number of nitrogens with zero attached hydrogens (tertiary/aromatic N) is 1. The Hall–Kier alpha value is -3.60. The number of aromatic nitrogens is 1. The van der Waals surface area contributed by atoms with E-state index in [9.17, 15) is 18.7 Å². The van der Waals surface area contributed by atoms with Crippen molar-refractivity contribution >= 4 is 16.9 Å². The number of carboxylic acids is 1. The molecule has 3 aromatic carbocycles. The zero-order valence-electron chi connectivity index (χ0n) is 17.0. The van der Waals surface area contributed by atoms with Crippen LogP contribution in [0.3, 0.4) is 0 Å². The van der Waals surface area contributed by atoms with E-state index in [1.165, 1.54) is 24.3 Å². The summed E-state index contributed by atoms with van der Waals surface area (Å²) < 4.78 is 28.3. The Labute approximate surface area is 178 Å². The summed E-state index contributed by atoms with van der Waals surface area (Å²) in [5.74, 6) is -1.89. The van der Waals surface area contributed by atoms with Crippen molar-refractivity contribution < 1.29 is 18.7 Å². The van der Waals surface area contributed by atoms with Crippen molar-refractivity contribution in [2.75, 3.05) is 0 Å². The number of hydrogen-bond acceptors (Lipinski definition) is 2. The minimum absolute atomic E-state index is 0.0939. The summed E-state index contributed by atoms with van der Waals surface area (Å²) in [6.45, 7) is 4.06. The van der Waals surface area contributed by atoms with Gasteiger partial charge in [-0.2, -0.15) is 0 Å². The van der Waals surface area contributed by atoms with Crippen LogP contribution < -0.4 is 0 Å². The average Bonchev–Trinajstić information content (AvgIpc) is 2.72. The van der Waals surface area contributed by atoms with Crippen molar-refractivity contribution in [3.8, 4) is 22.4 Å². The topological polar surface area (TPSA) is 50.2 Å². The highest BCUT2D eigenvalue weighted by Gasteiger charge is 2.35. The highest BCUT2D eigenvalue weighted by atomic mass is 19.1. The van der Waals surface area contributed by atoms with Crippen LogP contribution in [0.5, 0.6) is 0 Å². The molecule has 1 N–H and O–H groups in total. The predicted molar refractivity (Wildman–Crippen MR) is 116 cm³/mol. The summed E-state index contributed by atoms with van der Waals surface area (Å²) in [5.41, 5.74) is 4.36. The van der Waals surface area contributed by atoms with Crippen molar-refractivity contribution in [3.05, 3.63) is 89.0 Å². The molecule has 0 atom stereocenters. The summed E-state index contributed by atoms with van der Waals surface area (Å²) >= 11 is 0. The molecule has 31 heavy (non-hydrogen) atoms. The Morgan fingerprint density at radius 2 is 1.77 bits per heavy atom. The molecular weight excluding hydrogens is 396 g/mol. The Bertz CT molecular complexity index is 1390. The molecule has 0 unspecified atom stereocenters. The molecule has 0 saturated carbocycles. The van der Waals surface area contributed by atoms with Gasteiger partial charge in [0.25, 0.3) is 0 Å². The van der Waals surface area contributed by atoms with Crippen molar-refractivity contribution in [2.24, 2.45) is 0 Å². The summed E-state index contributed by atoms with van der Waals surface area (Å²) in [6.07, 6.45) is 0.428. The molecule has 0 saturated heterocycles. The number of fused-ring (bicyclic) bond motifs is 4. The Morgan fingerprint density at radius 3 is 2.52 bits per heavy atom. The molecule has 154 valence electrons. The third kappa shape index (κ3) is 3.00. The van der Waals surface area contributed by atoms with E-state index >= 15 is 0 Å². The van der Waals surface area contributed by atoms with Gasteiger partial charge in [-0.05, 0) is 58.9 Å². The number of benzene rings is 3. The number of carboxylic acid groups (broad SMARTS) is 1. The van der Waals surface area contributed by atoms with Crippen LogP contribution in [0.4, 0.5) is 8.78 Å². The minimum Gasteiger partial charge on any atom is -0.478 e. The molecule has 0 spiro atoms. The summed E-state index contributed by atoms with van der Waals surface area (Å²) in [6, 6.07) is 16.3. The highest BCUT2D eigenvalue weighted by Crippen LogP contribution is 2.46. The normalized spacial score (nSPS) is 14.2. The molecule has 0 bridgehead atoms. The van der Waals surface area contributed by atoms with Gasteiger partial charge in [0.1, 0.15) is 11.6 Å². The molecule has 1 heterocycles. The fraction of sp³-hybridized carbons (Fsp3) is 0.154. The van der Waals surface area contributed by atoms with Crippen molar-refractivity contribution in [1.82, 2.24) is 4.98 Å². The molecule has 4 aromatic rings. The van der Waals surface area contributed by atoms with E-state index in [0.29, 0.717) is 34.1 Å². The van der Waals surface area contributed by atoms with Crippen LogP contribution in [-0.2, 0) is 11.8 Å². The largest absolute Gasteiger partial charge is 0.478 e. The lowest BCUT2D eigenvalue weighted by Crippen LogP contribution is -2.28. The maximum absolute atomic E-state index is 14.4. The van der Waals surface area contributed by atoms with Gasteiger partial charge >= 0.3 is 5.97 Å². The molecule has 3 nitrogen and oxygen atoms in total.